The molecule has 0 unspecified atom stereocenters. The predicted octanol–water partition coefficient (Wildman–Crippen LogP) is 1.77. The number of methoxy groups -OCH3 is 1. The van der Waals surface area contributed by atoms with Crippen LogP contribution in [0.25, 0.3) is 5.69 Å². The Morgan fingerprint density at radius 2 is 1.96 bits per heavy atom. The van der Waals surface area contributed by atoms with Crippen molar-refractivity contribution in [1.29, 1.82) is 0 Å². The Balaban J connectivity index is 1.76. The molecule has 0 spiro atoms. The molecule has 2 aromatic heterocycles. The fraction of sp³-hybridized carbons (Fsp3) is 0.267. The zero-order valence-corrected chi connectivity index (χ0v) is 15.3. The maximum absolute atomic E-state index is 12.4. The summed E-state index contributed by atoms with van der Waals surface area (Å²) in [7, 11) is -2.01. The Morgan fingerprint density at radius 1 is 1.20 bits per heavy atom. The minimum atomic E-state index is -3.60. The number of ether oxygens (including phenoxy) is 1. The third-order valence-corrected chi connectivity index (χ3v) is 6.64. The minimum absolute atomic E-state index is 0.0132. The topological polar surface area (TPSA) is 99.0 Å². The number of aryl methyl sites for hydroxylation is 1. The second kappa shape index (κ2) is 7.30. The van der Waals surface area contributed by atoms with Crippen LogP contribution in [-0.4, -0.2) is 35.7 Å². The smallest absolute Gasteiger partial charge is 0.250 e. The number of hydrogen-bond acceptors (Lipinski definition) is 7. The summed E-state index contributed by atoms with van der Waals surface area (Å²) in [5, 5.41) is 11.4. The summed E-state index contributed by atoms with van der Waals surface area (Å²) in [4.78, 5) is 1.02. The van der Waals surface area contributed by atoms with Gasteiger partial charge in [-0.25, -0.2) is 13.1 Å². The molecule has 0 fully saturated rings. The summed E-state index contributed by atoms with van der Waals surface area (Å²) in [6.45, 7) is 1.97. The Kier molecular flexibility index (Phi) is 5.11. The van der Waals surface area contributed by atoms with Crippen molar-refractivity contribution in [3.8, 4) is 11.4 Å². The second-order valence-corrected chi connectivity index (χ2v) is 8.27. The molecule has 8 nitrogen and oxygen atoms in total. The summed E-state index contributed by atoms with van der Waals surface area (Å²) in [5.41, 5.74) is 0.712. The summed E-state index contributed by atoms with van der Waals surface area (Å²) in [6, 6.07) is 10.6. The average Bonchev–Trinajstić information content (AvgIpc) is 3.29. The maximum atomic E-state index is 12.4. The lowest BCUT2D eigenvalue weighted by Crippen LogP contribution is -2.24. The first-order chi connectivity index (χ1) is 12.0. The molecule has 0 bridgehead atoms. The van der Waals surface area contributed by atoms with Gasteiger partial charge in [-0.15, -0.1) is 16.4 Å². The van der Waals surface area contributed by atoms with Gasteiger partial charge in [0, 0.05) is 4.88 Å². The quantitative estimate of drug-likeness (QED) is 0.672. The lowest BCUT2D eigenvalue weighted by molar-refractivity contribution is 0.414. The highest BCUT2D eigenvalue weighted by Crippen LogP contribution is 2.22. The van der Waals surface area contributed by atoms with Crippen molar-refractivity contribution in [2.75, 3.05) is 7.11 Å². The van der Waals surface area contributed by atoms with E-state index in [9.17, 15) is 8.42 Å². The molecule has 3 aromatic rings. The lowest BCUT2D eigenvalue weighted by atomic mass is 10.3. The fourth-order valence-electron chi connectivity index (χ4n) is 2.16. The molecule has 0 aliphatic heterocycles. The number of hydrogen-bond donors (Lipinski definition) is 1. The van der Waals surface area contributed by atoms with Crippen LogP contribution in [0.1, 0.15) is 17.6 Å². The summed E-state index contributed by atoms with van der Waals surface area (Å²) in [6.07, 6.45) is 0.801. The maximum Gasteiger partial charge on any atom is 0.250 e. The van der Waals surface area contributed by atoms with Crippen LogP contribution in [0.3, 0.4) is 0 Å². The molecule has 0 saturated carbocycles. The van der Waals surface area contributed by atoms with Crippen molar-refractivity contribution in [2.45, 2.75) is 24.1 Å². The lowest BCUT2D eigenvalue weighted by Gasteiger charge is -2.07. The van der Waals surface area contributed by atoms with Gasteiger partial charge in [-0.05, 0) is 53.2 Å². The number of rotatable bonds is 7. The number of tetrazole rings is 1. The molecule has 0 atom stereocenters. The van der Waals surface area contributed by atoms with E-state index in [1.807, 2.05) is 13.0 Å². The monoisotopic (exact) mass is 379 g/mol. The van der Waals surface area contributed by atoms with E-state index in [4.69, 9.17) is 4.74 Å². The number of benzene rings is 1. The number of nitrogens with one attached hydrogen (secondary N) is 1. The van der Waals surface area contributed by atoms with Gasteiger partial charge < -0.3 is 4.74 Å². The summed E-state index contributed by atoms with van der Waals surface area (Å²) < 4.78 is 34.2. The summed E-state index contributed by atoms with van der Waals surface area (Å²) >= 11 is 1.26. The van der Waals surface area contributed by atoms with E-state index in [0.29, 0.717) is 17.3 Å². The third kappa shape index (κ3) is 3.86. The number of sulfonamides is 1. The van der Waals surface area contributed by atoms with Crippen molar-refractivity contribution in [3.63, 3.8) is 0 Å². The largest absolute Gasteiger partial charge is 0.497 e. The second-order valence-electron chi connectivity index (χ2n) is 5.10. The van der Waals surface area contributed by atoms with E-state index in [1.165, 1.54) is 16.0 Å². The zero-order valence-electron chi connectivity index (χ0n) is 13.7. The normalized spacial score (nSPS) is 11.6. The van der Waals surface area contributed by atoms with Crippen molar-refractivity contribution in [3.05, 3.63) is 47.1 Å². The molecule has 2 heterocycles. The molecule has 0 amide bonds. The summed E-state index contributed by atoms with van der Waals surface area (Å²) in [5.74, 6) is 1.10. The van der Waals surface area contributed by atoms with Crippen LogP contribution in [0.2, 0.25) is 0 Å². The van der Waals surface area contributed by atoms with E-state index < -0.39 is 10.0 Å². The van der Waals surface area contributed by atoms with Crippen LogP contribution in [0.4, 0.5) is 0 Å². The van der Waals surface area contributed by atoms with E-state index in [-0.39, 0.29) is 10.8 Å². The van der Waals surface area contributed by atoms with E-state index in [1.54, 1.807) is 37.4 Å². The molecule has 1 aromatic carbocycles. The molecular formula is C15H17N5O3S2. The molecule has 3 rings (SSSR count). The van der Waals surface area contributed by atoms with Gasteiger partial charge in [0.2, 0.25) is 10.0 Å². The molecular weight excluding hydrogens is 362 g/mol. The first-order valence-corrected chi connectivity index (χ1v) is 9.83. The molecule has 1 N–H and O–H groups in total. The Hall–Kier alpha value is -2.30. The van der Waals surface area contributed by atoms with Crippen LogP contribution >= 0.6 is 11.3 Å². The third-order valence-electron chi connectivity index (χ3n) is 3.52. The molecule has 132 valence electrons. The van der Waals surface area contributed by atoms with Crippen molar-refractivity contribution in [1.82, 2.24) is 24.9 Å². The fourth-order valence-corrected chi connectivity index (χ4v) is 4.48. The van der Waals surface area contributed by atoms with Gasteiger partial charge in [-0.1, -0.05) is 6.92 Å². The van der Waals surface area contributed by atoms with Crippen LogP contribution in [-0.2, 0) is 23.0 Å². The van der Waals surface area contributed by atoms with Gasteiger partial charge >= 0.3 is 0 Å². The average molecular weight is 379 g/mol. The van der Waals surface area contributed by atoms with E-state index >= 15 is 0 Å². The van der Waals surface area contributed by atoms with Crippen molar-refractivity contribution >= 4 is 21.4 Å². The molecule has 0 aliphatic carbocycles. The van der Waals surface area contributed by atoms with Gasteiger partial charge in [-0.2, -0.15) is 4.68 Å². The Bertz CT molecular complexity index is 948. The highest BCUT2D eigenvalue weighted by molar-refractivity contribution is 7.91. The molecule has 10 heteroatoms. The van der Waals surface area contributed by atoms with Crippen LogP contribution in [0, 0.1) is 0 Å². The van der Waals surface area contributed by atoms with Gasteiger partial charge in [-0.3, -0.25) is 0 Å². The molecule has 0 aliphatic rings. The van der Waals surface area contributed by atoms with E-state index in [2.05, 4.69) is 20.2 Å². The van der Waals surface area contributed by atoms with Gasteiger partial charge in [0.25, 0.3) is 0 Å². The first-order valence-electron chi connectivity index (χ1n) is 7.53. The number of thiophene rings is 1. The highest BCUT2D eigenvalue weighted by Gasteiger charge is 2.18. The van der Waals surface area contributed by atoms with E-state index in [0.717, 1.165) is 11.3 Å². The zero-order chi connectivity index (χ0) is 17.9. The number of nitrogens with zero attached hydrogens (tertiary/aromatic N) is 4. The van der Waals surface area contributed by atoms with Crippen LogP contribution in [0.5, 0.6) is 5.75 Å². The molecule has 0 saturated heterocycles. The van der Waals surface area contributed by atoms with Gasteiger partial charge in [0.05, 0.1) is 19.3 Å². The van der Waals surface area contributed by atoms with Crippen LogP contribution < -0.4 is 9.46 Å². The number of aromatic nitrogens is 4. The highest BCUT2D eigenvalue weighted by atomic mass is 32.2. The van der Waals surface area contributed by atoms with Crippen molar-refractivity contribution < 1.29 is 13.2 Å². The molecule has 25 heavy (non-hydrogen) atoms. The minimum Gasteiger partial charge on any atom is -0.497 e. The van der Waals surface area contributed by atoms with Crippen molar-refractivity contribution in [2.24, 2.45) is 0 Å². The SMILES string of the molecule is CCc1ccc(S(=O)(=O)NCc2nnnn2-c2ccc(OC)cc2)s1. The van der Waals surface area contributed by atoms with Crippen LogP contribution in [0.15, 0.2) is 40.6 Å². The van der Waals surface area contributed by atoms with Gasteiger partial charge in [0.1, 0.15) is 9.96 Å². The first kappa shape index (κ1) is 17.5. The Labute approximate surface area is 149 Å². The predicted molar refractivity (Wildman–Crippen MR) is 93.4 cm³/mol. The molecule has 0 radical (unpaired) electrons. The standard InChI is InChI=1S/C15H17N5O3S2/c1-3-13-8-9-15(24-13)25(21,22)16-10-14-17-18-19-20(14)11-4-6-12(23-2)7-5-11/h4-9,16H,3,10H2,1-2H3. The van der Waals surface area contributed by atoms with Gasteiger partial charge in [0.15, 0.2) is 5.82 Å². The Morgan fingerprint density at radius 3 is 2.60 bits per heavy atom.